The number of aryl methyl sites for hydroxylation is 1. The van der Waals surface area contributed by atoms with Gasteiger partial charge in [-0.25, -0.2) is 0 Å². The number of benzene rings is 2. The van der Waals surface area contributed by atoms with Crippen LogP contribution in [0, 0.1) is 6.92 Å². The summed E-state index contributed by atoms with van der Waals surface area (Å²) in [4.78, 5) is -0.180. The number of hydrogen-bond donors (Lipinski definition) is 0. The molecule has 0 aliphatic heterocycles. The van der Waals surface area contributed by atoms with Gasteiger partial charge in [0.2, 0.25) is 0 Å². The Morgan fingerprint density at radius 3 is 2.41 bits per heavy atom. The Kier molecular flexibility index (Phi) is 5.21. The molecule has 22 heavy (non-hydrogen) atoms. The molecule has 118 valence electrons. The van der Waals surface area contributed by atoms with Crippen molar-refractivity contribution in [2.24, 2.45) is 0 Å². The number of ether oxygens (including phenoxy) is 1. The van der Waals surface area contributed by atoms with E-state index in [-0.39, 0.29) is 20.7 Å². The third kappa shape index (κ3) is 4.06. The molecule has 0 N–H and O–H groups in total. The zero-order chi connectivity index (χ0) is 16.3. The molecule has 0 radical (unpaired) electrons. The summed E-state index contributed by atoms with van der Waals surface area (Å²) >= 11 is 11.7. The van der Waals surface area contributed by atoms with Gasteiger partial charge in [-0.15, -0.1) is 0 Å². The summed E-state index contributed by atoms with van der Waals surface area (Å²) in [5, 5.41) is 0.299. The van der Waals surface area contributed by atoms with E-state index in [9.17, 15) is 8.42 Å². The van der Waals surface area contributed by atoms with Crippen molar-refractivity contribution in [3.8, 4) is 11.5 Å². The number of halogens is 2. The van der Waals surface area contributed by atoms with E-state index in [4.69, 9.17) is 32.1 Å². The second-order valence-corrected chi connectivity index (χ2v) is 6.89. The summed E-state index contributed by atoms with van der Waals surface area (Å²) in [5.74, 6) is 0.685. The van der Waals surface area contributed by atoms with Crippen molar-refractivity contribution in [1.82, 2.24) is 0 Å². The van der Waals surface area contributed by atoms with Gasteiger partial charge in [0.15, 0.2) is 0 Å². The number of hydrogen-bond acceptors (Lipinski definition) is 4. The summed E-state index contributed by atoms with van der Waals surface area (Å²) in [6.07, 6.45) is 0. The van der Waals surface area contributed by atoms with Crippen LogP contribution in [0.4, 0.5) is 0 Å². The molecule has 0 atom stereocenters. The van der Waals surface area contributed by atoms with Crippen LogP contribution in [0.2, 0.25) is 10.0 Å². The van der Waals surface area contributed by atoms with Crippen LogP contribution >= 0.6 is 23.2 Å². The van der Waals surface area contributed by atoms with E-state index in [1.165, 1.54) is 24.3 Å². The number of rotatable bonds is 5. The van der Waals surface area contributed by atoms with Gasteiger partial charge >= 0.3 is 10.1 Å². The molecule has 0 aliphatic carbocycles. The first-order valence-corrected chi connectivity index (χ1v) is 8.62. The van der Waals surface area contributed by atoms with Gasteiger partial charge in [-0.1, -0.05) is 23.2 Å². The topological polar surface area (TPSA) is 52.6 Å². The Hall–Kier alpha value is -1.43. The van der Waals surface area contributed by atoms with E-state index < -0.39 is 10.1 Å². The van der Waals surface area contributed by atoms with Gasteiger partial charge in [-0.3, -0.25) is 0 Å². The first-order chi connectivity index (χ1) is 10.3. The zero-order valence-corrected chi connectivity index (χ0v) is 14.3. The van der Waals surface area contributed by atoms with Crippen molar-refractivity contribution >= 4 is 33.3 Å². The highest BCUT2D eigenvalue weighted by Crippen LogP contribution is 2.30. The van der Waals surface area contributed by atoms with Crippen LogP contribution in [-0.2, 0) is 10.1 Å². The molecule has 0 spiro atoms. The van der Waals surface area contributed by atoms with E-state index in [1.54, 1.807) is 12.1 Å². The third-order valence-electron chi connectivity index (χ3n) is 2.70. The van der Waals surface area contributed by atoms with E-state index >= 15 is 0 Å². The quantitative estimate of drug-likeness (QED) is 0.738. The van der Waals surface area contributed by atoms with Gasteiger partial charge in [-0.2, -0.15) is 8.42 Å². The SMILES string of the molecule is CCOc1cc(C)cc(OS(=O)(=O)c2cc(Cl)ccc2Cl)c1. The second kappa shape index (κ2) is 6.77. The smallest absolute Gasteiger partial charge is 0.340 e. The Labute approximate surface area is 139 Å². The average molecular weight is 361 g/mol. The summed E-state index contributed by atoms with van der Waals surface area (Å²) in [6, 6.07) is 9.05. The van der Waals surface area contributed by atoms with E-state index in [0.717, 1.165) is 5.56 Å². The monoisotopic (exact) mass is 360 g/mol. The summed E-state index contributed by atoms with van der Waals surface area (Å²) < 4.78 is 35.2. The van der Waals surface area contributed by atoms with Gasteiger partial charge in [0, 0.05) is 11.1 Å². The minimum atomic E-state index is -4.09. The van der Waals surface area contributed by atoms with Crippen molar-refractivity contribution in [2.45, 2.75) is 18.7 Å². The Bertz CT molecular complexity index is 788. The van der Waals surface area contributed by atoms with Gasteiger partial charge in [0.05, 0.1) is 11.6 Å². The molecule has 2 aromatic carbocycles. The fraction of sp³-hybridized carbons (Fsp3) is 0.200. The van der Waals surface area contributed by atoms with Crippen LogP contribution in [0.1, 0.15) is 12.5 Å². The van der Waals surface area contributed by atoms with Crippen LogP contribution in [0.15, 0.2) is 41.3 Å². The zero-order valence-electron chi connectivity index (χ0n) is 12.0. The summed E-state index contributed by atoms with van der Waals surface area (Å²) in [7, 11) is -4.09. The third-order valence-corrected chi connectivity index (χ3v) is 4.67. The molecule has 0 heterocycles. The lowest BCUT2D eigenvalue weighted by atomic mass is 10.2. The molecule has 0 unspecified atom stereocenters. The van der Waals surface area contributed by atoms with Crippen LogP contribution in [0.5, 0.6) is 11.5 Å². The Morgan fingerprint density at radius 2 is 1.73 bits per heavy atom. The molecule has 7 heteroatoms. The van der Waals surface area contributed by atoms with Crippen molar-refractivity contribution in [3.63, 3.8) is 0 Å². The highest BCUT2D eigenvalue weighted by molar-refractivity contribution is 7.87. The van der Waals surface area contributed by atoms with Crippen molar-refractivity contribution in [1.29, 1.82) is 0 Å². The molecule has 2 aromatic rings. The maximum Gasteiger partial charge on any atom is 0.340 e. The van der Waals surface area contributed by atoms with Crippen LogP contribution in [-0.4, -0.2) is 15.0 Å². The molecular formula is C15H14Cl2O4S. The van der Waals surface area contributed by atoms with Crippen LogP contribution in [0.25, 0.3) is 0 Å². The average Bonchev–Trinajstić information content (AvgIpc) is 2.40. The van der Waals surface area contributed by atoms with Gasteiger partial charge in [-0.05, 0) is 49.7 Å². The molecule has 0 fully saturated rings. The fourth-order valence-electron chi connectivity index (χ4n) is 1.85. The normalized spacial score (nSPS) is 11.3. The fourth-order valence-corrected chi connectivity index (χ4v) is 3.51. The molecule has 0 aromatic heterocycles. The lowest BCUT2D eigenvalue weighted by molar-refractivity contribution is 0.338. The molecule has 2 rings (SSSR count). The molecule has 0 aliphatic rings. The van der Waals surface area contributed by atoms with E-state index in [0.29, 0.717) is 12.4 Å². The lowest BCUT2D eigenvalue weighted by Gasteiger charge is -2.11. The van der Waals surface area contributed by atoms with Crippen LogP contribution < -0.4 is 8.92 Å². The van der Waals surface area contributed by atoms with Crippen molar-refractivity contribution in [2.75, 3.05) is 6.61 Å². The van der Waals surface area contributed by atoms with Gasteiger partial charge in [0.25, 0.3) is 0 Å². The standard InChI is InChI=1S/C15H14Cl2O4S/c1-3-20-12-6-10(2)7-13(9-12)21-22(18,19)15-8-11(16)4-5-14(15)17/h4-9H,3H2,1-2H3. The Morgan fingerprint density at radius 1 is 1.05 bits per heavy atom. The molecule has 4 nitrogen and oxygen atoms in total. The summed E-state index contributed by atoms with van der Waals surface area (Å²) in [6.45, 7) is 4.12. The highest BCUT2D eigenvalue weighted by Gasteiger charge is 2.21. The minimum Gasteiger partial charge on any atom is -0.494 e. The maximum absolute atomic E-state index is 12.3. The maximum atomic E-state index is 12.3. The Balaban J connectivity index is 2.38. The van der Waals surface area contributed by atoms with E-state index in [2.05, 4.69) is 0 Å². The minimum absolute atomic E-state index is 0.0436. The largest absolute Gasteiger partial charge is 0.494 e. The molecular weight excluding hydrogens is 347 g/mol. The van der Waals surface area contributed by atoms with Gasteiger partial charge < -0.3 is 8.92 Å². The van der Waals surface area contributed by atoms with Gasteiger partial charge in [0.1, 0.15) is 16.4 Å². The predicted molar refractivity (Wildman–Crippen MR) is 86.6 cm³/mol. The van der Waals surface area contributed by atoms with Crippen molar-refractivity contribution < 1.29 is 17.3 Å². The summed E-state index contributed by atoms with van der Waals surface area (Å²) in [5.41, 5.74) is 0.813. The molecule has 0 saturated carbocycles. The first-order valence-electron chi connectivity index (χ1n) is 6.46. The molecule has 0 amide bonds. The van der Waals surface area contributed by atoms with Crippen LogP contribution in [0.3, 0.4) is 0 Å². The van der Waals surface area contributed by atoms with E-state index in [1.807, 2.05) is 13.8 Å². The highest BCUT2D eigenvalue weighted by atomic mass is 35.5. The second-order valence-electron chi connectivity index (χ2n) is 4.53. The predicted octanol–water partition coefficient (Wildman–Crippen LogP) is 4.47. The molecule has 0 bridgehead atoms. The first kappa shape index (κ1) is 16.9. The molecule has 0 saturated heterocycles. The lowest BCUT2D eigenvalue weighted by Crippen LogP contribution is -2.10. The van der Waals surface area contributed by atoms with Crippen molar-refractivity contribution in [3.05, 3.63) is 52.0 Å².